The van der Waals surface area contributed by atoms with Crippen LogP contribution in [0.5, 0.6) is 0 Å². The lowest BCUT2D eigenvalue weighted by atomic mass is 10.2. The monoisotopic (exact) mass is 433 g/mol. The summed E-state index contributed by atoms with van der Waals surface area (Å²) < 4.78 is 1.93. The number of thioether (sulfide) groups is 1. The van der Waals surface area contributed by atoms with Gasteiger partial charge in [-0.3, -0.25) is 9.36 Å². The molecule has 146 valence electrons. The molecule has 1 N–H and O–H groups in total. The highest BCUT2D eigenvalue weighted by molar-refractivity contribution is 8.00. The van der Waals surface area contributed by atoms with Crippen LogP contribution in [0.25, 0.3) is 11.4 Å². The van der Waals surface area contributed by atoms with Crippen molar-refractivity contribution >= 4 is 45.7 Å². The molecule has 1 atom stereocenters. The number of halogens is 1. The van der Waals surface area contributed by atoms with Crippen molar-refractivity contribution in [1.29, 1.82) is 0 Å². The molecule has 28 heavy (non-hydrogen) atoms. The minimum absolute atomic E-state index is 0.125. The van der Waals surface area contributed by atoms with Gasteiger partial charge in [0.1, 0.15) is 0 Å². The van der Waals surface area contributed by atoms with Gasteiger partial charge in [0.2, 0.25) is 5.91 Å². The van der Waals surface area contributed by atoms with Gasteiger partial charge in [0, 0.05) is 22.0 Å². The van der Waals surface area contributed by atoms with E-state index in [0.29, 0.717) is 27.7 Å². The number of carbonyl (C=O) groups excluding carboxylic acids is 1. The number of hydrogen-bond acceptors (Lipinski definition) is 6. The number of aryl methyl sites for hydroxylation is 2. The molecule has 1 amide bonds. The van der Waals surface area contributed by atoms with Gasteiger partial charge >= 0.3 is 0 Å². The number of nitrogens with one attached hydrogen (secondary N) is 1. The second-order valence-corrected chi connectivity index (χ2v) is 9.07. The fraction of sp³-hybridized carbons (Fsp3) is 0.263. The molecule has 2 heterocycles. The summed E-state index contributed by atoms with van der Waals surface area (Å²) in [5, 5.41) is 13.0. The van der Waals surface area contributed by atoms with Gasteiger partial charge in [-0.2, -0.15) is 0 Å². The molecule has 1 unspecified atom stereocenters. The van der Waals surface area contributed by atoms with Crippen molar-refractivity contribution in [3.63, 3.8) is 0 Å². The molecule has 0 saturated heterocycles. The second kappa shape index (κ2) is 8.89. The smallest absolute Gasteiger partial charge is 0.239 e. The van der Waals surface area contributed by atoms with Crippen LogP contribution in [-0.2, 0) is 11.3 Å². The highest BCUT2D eigenvalue weighted by Crippen LogP contribution is 2.29. The molecule has 0 aliphatic rings. The predicted octanol–water partition coefficient (Wildman–Crippen LogP) is 4.98. The Bertz CT molecular complexity index is 977. The number of hydrogen-bond donors (Lipinski definition) is 1. The molecule has 0 radical (unpaired) electrons. The topological polar surface area (TPSA) is 72.7 Å². The minimum atomic E-state index is -0.365. The second-order valence-electron chi connectivity index (χ2n) is 6.12. The highest BCUT2D eigenvalue weighted by Gasteiger charge is 2.21. The molecule has 0 fully saturated rings. The molecule has 0 spiro atoms. The lowest BCUT2D eigenvalue weighted by Crippen LogP contribution is -2.22. The zero-order valence-corrected chi connectivity index (χ0v) is 18.2. The number of aromatic nitrogens is 4. The molecule has 0 bridgehead atoms. The Morgan fingerprint density at radius 3 is 2.68 bits per heavy atom. The quantitative estimate of drug-likeness (QED) is 0.420. The molecule has 0 saturated carbocycles. The largest absolute Gasteiger partial charge is 0.301 e. The average Bonchev–Trinajstić information content (AvgIpc) is 3.19. The average molecular weight is 434 g/mol. The third kappa shape index (κ3) is 4.63. The maximum Gasteiger partial charge on any atom is 0.239 e. The minimum Gasteiger partial charge on any atom is -0.301 e. The third-order valence-electron chi connectivity index (χ3n) is 4.04. The Morgan fingerprint density at radius 1 is 1.36 bits per heavy atom. The first kappa shape index (κ1) is 20.6. The van der Waals surface area contributed by atoms with Gasteiger partial charge in [0.05, 0.1) is 10.9 Å². The molecule has 2 aromatic heterocycles. The Kier molecular flexibility index (Phi) is 6.53. The fourth-order valence-electron chi connectivity index (χ4n) is 2.43. The molecule has 1 aromatic carbocycles. The first-order valence-electron chi connectivity index (χ1n) is 8.60. The molecule has 9 heteroatoms. The number of carbonyl (C=O) groups is 1. The lowest BCUT2D eigenvalue weighted by molar-refractivity contribution is -0.115. The van der Waals surface area contributed by atoms with Crippen molar-refractivity contribution in [3.05, 3.63) is 52.5 Å². The Morgan fingerprint density at radius 2 is 2.07 bits per heavy atom. The van der Waals surface area contributed by atoms with Crippen LogP contribution in [0.2, 0.25) is 5.02 Å². The molecule has 3 aromatic rings. The highest BCUT2D eigenvalue weighted by atomic mass is 35.5. The third-order valence-corrected chi connectivity index (χ3v) is 6.36. The van der Waals surface area contributed by atoms with Crippen LogP contribution in [0.15, 0.2) is 42.1 Å². The number of rotatable bonds is 7. The standard InChI is InChI=1S/C19H20ClN5OS2/c1-5-10-25-16(14-6-8-15(20)9-7-14)23-24-19(25)28-13(4)17(26)22-18-21-11(2)12(3)27-18/h5-9,13H,1,10H2,2-4H3,(H,21,22,26). The van der Waals surface area contributed by atoms with E-state index in [1.54, 1.807) is 6.08 Å². The van der Waals surface area contributed by atoms with E-state index in [2.05, 4.69) is 27.1 Å². The van der Waals surface area contributed by atoms with Gasteiger partial charge in [-0.25, -0.2) is 4.98 Å². The van der Waals surface area contributed by atoms with Crippen molar-refractivity contribution < 1.29 is 4.79 Å². The molecular formula is C19H20ClN5OS2. The Labute approximate surface area is 177 Å². The fourth-order valence-corrected chi connectivity index (χ4v) is 4.23. The van der Waals surface area contributed by atoms with Gasteiger partial charge in [0.25, 0.3) is 0 Å². The maximum atomic E-state index is 12.6. The van der Waals surface area contributed by atoms with Crippen molar-refractivity contribution in [2.45, 2.75) is 37.7 Å². The van der Waals surface area contributed by atoms with Crippen LogP contribution in [0.4, 0.5) is 5.13 Å². The summed E-state index contributed by atoms with van der Waals surface area (Å²) in [5.74, 6) is 0.581. The summed E-state index contributed by atoms with van der Waals surface area (Å²) in [6.45, 7) is 10.1. The molecular weight excluding hydrogens is 414 g/mol. The normalized spacial score (nSPS) is 12.0. The van der Waals surface area contributed by atoms with Crippen LogP contribution in [0, 0.1) is 13.8 Å². The first-order chi connectivity index (χ1) is 13.4. The van der Waals surface area contributed by atoms with E-state index in [9.17, 15) is 4.79 Å². The zero-order chi connectivity index (χ0) is 20.3. The van der Waals surface area contributed by atoms with Crippen molar-refractivity contribution in [3.8, 4) is 11.4 Å². The number of thiazole rings is 1. The summed E-state index contributed by atoms with van der Waals surface area (Å²) in [5.41, 5.74) is 1.83. The number of amides is 1. The van der Waals surface area contributed by atoms with Crippen LogP contribution in [0.1, 0.15) is 17.5 Å². The van der Waals surface area contributed by atoms with Gasteiger partial charge in [0.15, 0.2) is 16.1 Å². The molecule has 3 rings (SSSR count). The number of anilines is 1. The predicted molar refractivity (Wildman–Crippen MR) is 116 cm³/mol. The summed E-state index contributed by atoms with van der Waals surface area (Å²) in [6.07, 6.45) is 1.78. The molecule has 0 aliphatic heterocycles. The van der Waals surface area contributed by atoms with Crippen LogP contribution in [0.3, 0.4) is 0 Å². The molecule has 6 nitrogen and oxygen atoms in total. The first-order valence-corrected chi connectivity index (χ1v) is 10.7. The van der Waals surface area contributed by atoms with Gasteiger partial charge in [-0.05, 0) is 45.0 Å². The molecule has 0 aliphatic carbocycles. The number of nitrogens with zero attached hydrogens (tertiary/aromatic N) is 4. The summed E-state index contributed by atoms with van der Waals surface area (Å²) in [4.78, 5) is 18.0. The number of benzene rings is 1. The SMILES string of the molecule is C=CCn1c(SC(C)C(=O)Nc2nc(C)c(C)s2)nnc1-c1ccc(Cl)cc1. The van der Waals surface area contributed by atoms with Crippen LogP contribution in [-0.4, -0.2) is 30.9 Å². The van der Waals surface area contributed by atoms with E-state index in [0.717, 1.165) is 16.1 Å². The van der Waals surface area contributed by atoms with Crippen molar-refractivity contribution in [1.82, 2.24) is 19.7 Å². The van der Waals surface area contributed by atoms with Crippen molar-refractivity contribution in [2.75, 3.05) is 5.32 Å². The van der Waals surface area contributed by atoms with Gasteiger partial charge < -0.3 is 5.32 Å². The van der Waals surface area contributed by atoms with Gasteiger partial charge in [-0.15, -0.1) is 28.1 Å². The summed E-state index contributed by atoms with van der Waals surface area (Å²) in [6, 6.07) is 7.41. The van der Waals surface area contributed by atoms with E-state index in [1.165, 1.54) is 23.1 Å². The number of allylic oxidation sites excluding steroid dienone is 1. The Hall–Kier alpha value is -2.16. The van der Waals surface area contributed by atoms with Gasteiger partial charge in [-0.1, -0.05) is 29.4 Å². The lowest BCUT2D eigenvalue weighted by Gasteiger charge is -2.12. The summed E-state index contributed by atoms with van der Waals surface area (Å²) >= 11 is 8.79. The van der Waals surface area contributed by atoms with E-state index in [1.807, 2.05) is 49.6 Å². The van der Waals surface area contributed by atoms with E-state index < -0.39 is 0 Å². The Balaban J connectivity index is 1.78. The zero-order valence-electron chi connectivity index (χ0n) is 15.8. The van der Waals surface area contributed by atoms with Crippen LogP contribution >= 0.6 is 34.7 Å². The van der Waals surface area contributed by atoms with E-state index in [4.69, 9.17) is 11.6 Å². The van der Waals surface area contributed by atoms with E-state index in [-0.39, 0.29) is 11.2 Å². The van der Waals surface area contributed by atoms with Crippen molar-refractivity contribution in [2.24, 2.45) is 0 Å². The maximum absolute atomic E-state index is 12.6. The van der Waals surface area contributed by atoms with E-state index >= 15 is 0 Å². The van der Waals surface area contributed by atoms with Crippen LogP contribution < -0.4 is 5.32 Å². The summed E-state index contributed by atoms with van der Waals surface area (Å²) in [7, 11) is 0.